The van der Waals surface area contributed by atoms with E-state index in [9.17, 15) is 10.1 Å². The summed E-state index contributed by atoms with van der Waals surface area (Å²) in [5.41, 5.74) is 2.71. The maximum Gasteiger partial charge on any atom is 0.433 e. The zero-order chi connectivity index (χ0) is 17.5. The van der Waals surface area contributed by atoms with Crippen molar-refractivity contribution in [3.8, 4) is 0 Å². The maximum atomic E-state index is 10.5. The molecular weight excluding hydrogens is 338 g/mol. The third-order valence-electron chi connectivity index (χ3n) is 2.68. The van der Waals surface area contributed by atoms with Gasteiger partial charge < -0.3 is 4.42 Å². The number of hydrogen-bond donors (Lipinski definition) is 2. The first-order valence-corrected chi connectivity index (χ1v) is 6.94. The highest BCUT2D eigenvalue weighted by Gasteiger charge is 2.10. The van der Waals surface area contributed by atoms with Gasteiger partial charge in [0.25, 0.3) is 0 Å². The highest BCUT2D eigenvalue weighted by atomic mass is 35.5. The maximum absolute atomic E-state index is 10.5. The number of halogens is 1. The molecule has 24 heavy (non-hydrogen) atoms. The summed E-state index contributed by atoms with van der Waals surface area (Å²) in [5.74, 6) is -0.152. The molecule has 10 heteroatoms. The molecule has 0 saturated carbocycles. The Bertz CT molecular complexity index is 828. The van der Waals surface area contributed by atoms with Gasteiger partial charge in [-0.15, -0.1) is 0 Å². The molecule has 0 unspecified atom stereocenters. The van der Waals surface area contributed by atoms with Crippen LogP contribution in [0, 0.1) is 10.1 Å². The number of aliphatic imine (C=N–C) groups is 1. The quantitative estimate of drug-likeness (QED) is 0.370. The van der Waals surface area contributed by atoms with Crippen LogP contribution < -0.4 is 5.48 Å². The van der Waals surface area contributed by atoms with Gasteiger partial charge in [0.05, 0.1) is 18.0 Å². The van der Waals surface area contributed by atoms with Crippen LogP contribution in [0.4, 0.5) is 11.6 Å². The number of nitrogens with zero attached hydrogens (tertiary/aromatic N) is 4. The first kappa shape index (κ1) is 17.3. The van der Waals surface area contributed by atoms with E-state index in [1.165, 1.54) is 18.3 Å². The predicted molar refractivity (Wildman–Crippen MR) is 89.5 cm³/mol. The van der Waals surface area contributed by atoms with Crippen LogP contribution in [0.3, 0.4) is 0 Å². The number of hydroxylamine groups is 1. The minimum atomic E-state index is -0.655. The van der Waals surface area contributed by atoms with Gasteiger partial charge in [0.1, 0.15) is 10.6 Å². The highest BCUT2D eigenvalue weighted by Crippen LogP contribution is 2.18. The second-order valence-electron chi connectivity index (χ2n) is 4.42. The molecule has 1 heterocycles. The van der Waals surface area contributed by atoms with Gasteiger partial charge in [0, 0.05) is 5.02 Å². The Morgan fingerprint density at radius 1 is 1.42 bits per heavy atom. The molecular formula is C14H12ClN5O4. The summed E-state index contributed by atoms with van der Waals surface area (Å²) < 4.78 is 4.89. The van der Waals surface area contributed by atoms with Crippen molar-refractivity contribution in [2.45, 2.75) is 6.92 Å². The summed E-state index contributed by atoms with van der Waals surface area (Å²) >= 11 is 5.86. The Morgan fingerprint density at radius 3 is 2.83 bits per heavy atom. The fourth-order valence-electron chi connectivity index (χ4n) is 1.59. The molecule has 2 aromatic rings. The van der Waals surface area contributed by atoms with E-state index in [4.69, 9.17) is 21.2 Å². The Labute approximate surface area is 141 Å². The van der Waals surface area contributed by atoms with Gasteiger partial charge >= 0.3 is 5.88 Å². The third kappa shape index (κ3) is 4.73. The van der Waals surface area contributed by atoms with Crippen molar-refractivity contribution in [1.29, 1.82) is 0 Å². The van der Waals surface area contributed by atoms with E-state index in [1.54, 1.807) is 31.2 Å². The normalized spacial score (nSPS) is 12.6. The lowest BCUT2D eigenvalue weighted by molar-refractivity contribution is -0.402. The van der Waals surface area contributed by atoms with Gasteiger partial charge in [0.15, 0.2) is 11.6 Å². The molecule has 0 amide bonds. The summed E-state index contributed by atoms with van der Waals surface area (Å²) in [5, 5.41) is 27.7. The number of nitrogens with one attached hydrogen (secondary N) is 1. The Hall–Kier alpha value is -3.04. The molecule has 0 saturated heterocycles. The molecule has 1 aromatic carbocycles. The zero-order valence-electron chi connectivity index (χ0n) is 12.4. The number of benzene rings is 1. The minimum absolute atomic E-state index is 0.0693. The molecule has 0 spiro atoms. The summed E-state index contributed by atoms with van der Waals surface area (Å²) in [6.45, 7) is 1.56. The zero-order valence-corrected chi connectivity index (χ0v) is 13.1. The summed E-state index contributed by atoms with van der Waals surface area (Å²) in [7, 11) is 0. The van der Waals surface area contributed by atoms with Gasteiger partial charge in [-0.1, -0.05) is 17.7 Å². The van der Waals surface area contributed by atoms with Crippen LogP contribution in [0.1, 0.15) is 12.7 Å². The van der Waals surface area contributed by atoms with Crippen molar-refractivity contribution >= 4 is 40.9 Å². The van der Waals surface area contributed by atoms with Gasteiger partial charge in [-0.3, -0.25) is 20.8 Å². The van der Waals surface area contributed by atoms with Gasteiger partial charge in [-0.2, -0.15) is 10.2 Å². The van der Waals surface area contributed by atoms with Gasteiger partial charge in [-0.25, -0.2) is 4.99 Å². The number of furan rings is 1. The van der Waals surface area contributed by atoms with Gasteiger partial charge in [0.2, 0.25) is 0 Å². The van der Waals surface area contributed by atoms with Crippen molar-refractivity contribution in [2.24, 2.45) is 15.2 Å². The smallest absolute Gasteiger partial charge is 0.400 e. The lowest BCUT2D eigenvalue weighted by Crippen LogP contribution is -2.26. The van der Waals surface area contributed by atoms with Crippen LogP contribution in [0.25, 0.3) is 0 Å². The Morgan fingerprint density at radius 2 is 2.21 bits per heavy atom. The molecule has 1 aromatic heterocycles. The lowest BCUT2D eigenvalue weighted by Gasteiger charge is -2.03. The average molecular weight is 350 g/mol. The molecule has 0 aliphatic carbocycles. The van der Waals surface area contributed by atoms with E-state index in [0.717, 1.165) is 0 Å². The molecule has 0 radical (unpaired) electrons. The highest BCUT2D eigenvalue weighted by molar-refractivity contribution is 6.40. The number of nitro groups is 1. The first-order valence-electron chi connectivity index (χ1n) is 6.56. The Kier molecular flexibility index (Phi) is 5.77. The second-order valence-corrected chi connectivity index (χ2v) is 4.85. The van der Waals surface area contributed by atoms with Crippen LogP contribution in [0.5, 0.6) is 0 Å². The second kappa shape index (κ2) is 7.99. The molecule has 0 atom stereocenters. The van der Waals surface area contributed by atoms with Crippen LogP contribution >= 0.6 is 11.6 Å². The molecule has 2 rings (SSSR count). The standard InChI is InChI=1S/C14H12ClN5O4/c1-9(14(19-21)17-11-4-2-3-10(15)7-11)18-16-8-12-5-6-13(24-12)20(22)23/h2-8,21H,1H3,(H,17,19)/b16-8+,18-9+. The van der Waals surface area contributed by atoms with E-state index in [0.29, 0.717) is 10.7 Å². The van der Waals surface area contributed by atoms with E-state index < -0.39 is 10.8 Å². The monoisotopic (exact) mass is 349 g/mol. The lowest BCUT2D eigenvalue weighted by atomic mass is 10.3. The van der Waals surface area contributed by atoms with E-state index in [2.05, 4.69) is 15.2 Å². The van der Waals surface area contributed by atoms with Crippen molar-refractivity contribution in [1.82, 2.24) is 5.48 Å². The molecule has 2 N–H and O–H groups in total. The number of hydrogen-bond acceptors (Lipinski definition) is 7. The summed E-state index contributed by atoms with van der Waals surface area (Å²) in [6.07, 6.45) is 1.20. The van der Waals surface area contributed by atoms with Crippen LogP contribution in [-0.2, 0) is 0 Å². The first-order chi connectivity index (χ1) is 11.5. The van der Waals surface area contributed by atoms with Crippen molar-refractivity contribution in [2.75, 3.05) is 0 Å². The van der Waals surface area contributed by atoms with E-state index in [1.807, 2.05) is 5.48 Å². The topological polar surface area (TPSA) is 126 Å². The predicted octanol–water partition coefficient (Wildman–Crippen LogP) is 3.35. The molecule has 0 fully saturated rings. The van der Waals surface area contributed by atoms with Crippen LogP contribution in [-0.4, -0.2) is 27.9 Å². The molecule has 0 aliphatic rings. The van der Waals surface area contributed by atoms with E-state index in [-0.39, 0.29) is 17.3 Å². The fourth-order valence-corrected chi connectivity index (χ4v) is 1.78. The molecule has 124 valence electrons. The molecule has 0 bridgehead atoms. The third-order valence-corrected chi connectivity index (χ3v) is 2.92. The van der Waals surface area contributed by atoms with Crippen LogP contribution in [0.15, 0.2) is 56.0 Å². The molecule has 9 nitrogen and oxygen atoms in total. The SMILES string of the molecule is C/C(=N\N=C\c1ccc([N+](=O)[O-])o1)C(=Nc1cccc(Cl)c1)NO. The van der Waals surface area contributed by atoms with Gasteiger partial charge in [-0.05, 0) is 31.2 Å². The number of rotatable bonds is 5. The van der Waals surface area contributed by atoms with Crippen molar-refractivity contribution in [3.63, 3.8) is 0 Å². The Balaban J connectivity index is 2.14. The summed E-state index contributed by atoms with van der Waals surface area (Å²) in [4.78, 5) is 14.0. The van der Waals surface area contributed by atoms with Crippen molar-refractivity contribution < 1.29 is 14.5 Å². The number of amidine groups is 1. The van der Waals surface area contributed by atoms with Crippen LogP contribution in [0.2, 0.25) is 5.02 Å². The minimum Gasteiger partial charge on any atom is -0.400 e. The largest absolute Gasteiger partial charge is 0.433 e. The summed E-state index contributed by atoms with van der Waals surface area (Å²) in [6, 6.07) is 9.31. The fraction of sp³-hybridized carbons (Fsp3) is 0.0714. The average Bonchev–Trinajstić information content (AvgIpc) is 3.01. The molecule has 0 aliphatic heterocycles. The van der Waals surface area contributed by atoms with Crippen molar-refractivity contribution in [3.05, 3.63) is 57.3 Å². The van der Waals surface area contributed by atoms with E-state index >= 15 is 0 Å².